The molecule has 0 unspecified atom stereocenters. The largest absolute Gasteiger partial charge is 0.211 e. The van der Waals surface area contributed by atoms with Gasteiger partial charge in [0.05, 0.1) is 10.6 Å². The van der Waals surface area contributed by atoms with Crippen LogP contribution in [0.4, 0.5) is 0 Å². The lowest BCUT2D eigenvalue weighted by molar-refractivity contribution is 0.806. The molecule has 0 bridgehead atoms. The standard InChI is InChI=1S/C15H12N4S/c1-10-6-11(2)8-12(7-10)19-15(13(9-16)17-18-19)14-4-3-5-20-14/h3-8H,1-2H3. The second kappa shape index (κ2) is 4.91. The lowest BCUT2D eigenvalue weighted by atomic mass is 10.1. The van der Waals surface area contributed by atoms with Crippen molar-refractivity contribution in [3.8, 4) is 22.3 Å². The van der Waals surface area contributed by atoms with E-state index in [-0.39, 0.29) is 0 Å². The number of thiophene rings is 1. The van der Waals surface area contributed by atoms with E-state index in [1.807, 2.05) is 43.5 Å². The van der Waals surface area contributed by atoms with Crippen molar-refractivity contribution in [3.05, 3.63) is 52.5 Å². The minimum atomic E-state index is 0.353. The topological polar surface area (TPSA) is 54.5 Å². The zero-order chi connectivity index (χ0) is 14.1. The number of nitriles is 1. The summed E-state index contributed by atoms with van der Waals surface area (Å²) in [5.41, 5.74) is 4.36. The van der Waals surface area contributed by atoms with Gasteiger partial charge in [-0.15, -0.1) is 16.4 Å². The van der Waals surface area contributed by atoms with E-state index in [1.54, 1.807) is 16.0 Å². The van der Waals surface area contributed by atoms with Crippen molar-refractivity contribution in [1.82, 2.24) is 15.0 Å². The van der Waals surface area contributed by atoms with Gasteiger partial charge in [-0.3, -0.25) is 0 Å². The summed E-state index contributed by atoms with van der Waals surface area (Å²) in [6, 6.07) is 12.2. The van der Waals surface area contributed by atoms with Crippen molar-refractivity contribution >= 4 is 11.3 Å². The van der Waals surface area contributed by atoms with Gasteiger partial charge in [-0.2, -0.15) is 5.26 Å². The molecule has 98 valence electrons. The van der Waals surface area contributed by atoms with E-state index in [2.05, 4.69) is 22.4 Å². The first kappa shape index (κ1) is 12.6. The predicted molar refractivity (Wildman–Crippen MR) is 78.9 cm³/mol. The fourth-order valence-corrected chi connectivity index (χ4v) is 3.00. The highest BCUT2D eigenvalue weighted by Crippen LogP contribution is 2.29. The van der Waals surface area contributed by atoms with Crippen LogP contribution in [0, 0.1) is 25.2 Å². The summed E-state index contributed by atoms with van der Waals surface area (Å²) in [7, 11) is 0. The Morgan fingerprint density at radius 2 is 1.95 bits per heavy atom. The molecule has 5 heteroatoms. The van der Waals surface area contributed by atoms with Crippen molar-refractivity contribution in [1.29, 1.82) is 5.26 Å². The molecule has 1 aromatic carbocycles. The maximum Gasteiger partial charge on any atom is 0.191 e. The van der Waals surface area contributed by atoms with Crippen molar-refractivity contribution in [2.45, 2.75) is 13.8 Å². The third-order valence-corrected chi connectivity index (χ3v) is 3.86. The number of hydrogen-bond acceptors (Lipinski definition) is 4. The average molecular weight is 280 g/mol. The highest BCUT2D eigenvalue weighted by Gasteiger charge is 2.17. The molecule has 0 saturated heterocycles. The fourth-order valence-electron chi connectivity index (χ4n) is 2.25. The van der Waals surface area contributed by atoms with Crippen LogP contribution in [0.25, 0.3) is 16.3 Å². The Hall–Kier alpha value is -2.45. The van der Waals surface area contributed by atoms with E-state index in [4.69, 9.17) is 0 Å². The smallest absolute Gasteiger partial charge is 0.191 e. The van der Waals surface area contributed by atoms with Crippen LogP contribution in [0.5, 0.6) is 0 Å². The van der Waals surface area contributed by atoms with Crippen molar-refractivity contribution in [3.63, 3.8) is 0 Å². The number of aromatic nitrogens is 3. The van der Waals surface area contributed by atoms with Gasteiger partial charge < -0.3 is 0 Å². The number of benzene rings is 1. The zero-order valence-electron chi connectivity index (χ0n) is 11.2. The van der Waals surface area contributed by atoms with Gasteiger partial charge in [-0.05, 0) is 48.6 Å². The van der Waals surface area contributed by atoms with Gasteiger partial charge in [0, 0.05) is 0 Å². The van der Waals surface area contributed by atoms with Crippen molar-refractivity contribution < 1.29 is 0 Å². The van der Waals surface area contributed by atoms with Crippen LogP contribution in [0.15, 0.2) is 35.7 Å². The first-order chi connectivity index (χ1) is 9.69. The fraction of sp³-hybridized carbons (Fsp3) is 0.133. The minimum Gasteiger partial charge on any atom is -0.211 e. The summed E-state index contributed by atoms with van der Waals surface area (Å²) in [4.78, 5) is 0.991. The predicted octanol–water partition coefficient (Wildman–Crippen LogP) is 3.48. The number of rotatable bonds is 2. The van der Waals surface area contributed by atoms with Gasteiger partial charge in [0.2, 0.25) is 0 Å². The monoisotopic (exact) mass is 280 g/mol. The third-order valence-electron chi connectivity index (χ3n) is 2.98. The Morgan fingerprint density at radius 3 is 2.55 bits per heavy atom. The van der Waals surface area contributed by atoms with Gasteiger partial charge in [0.15, 0.2) is 5.69 Å². The Kier molecular flexibility index (Phi) is 3.09. The van der Waals surface area contributed by atoms with Gasteiger partial charge in [0.1, 0.15) is 11.8 Å². The minimum absolute atomic E-state index is 0.353. The van der Waals surface area contributed by atoms with E-state index in [1.165, 1.54) is 0 Å². The molecule has 0 spiro atoms. The van der Waals surface area contributed by atoms with E-state index in [9.17, 15) is 5.26 Å². The molecule has 0 aliphatic rings. The second-order valence-corrected chi connectivity index (χ2v) is 5.58. The molecular weight excluding hydrogens is 268 g/mol. The summed E-state index contributed by atoms with van der Waals surface area (Å²) in [5, 5.41) is 19.3. The summed E-state index contributed by atoms with van der Waals surface area (Å²) < 4.78 is 1.74. The Labute approximate surface area is 120 Å². The molecular formula is C15H12N4S. The molecule has 3 rings (SSSR count). The van der Waals surface area contributed by atoms with Gasteiger partial charge >= 0.3 is 0 Å². The Bertz CT molecular complexity index is 774. The maximum absolute atomic E-state index is 9.23. The molecule has 4 nitrogen and oxygen atoms in total. The molecule has 3 aromatic rings. The average Bonchev–Trinajstić information content (AvgIpc) is 3.06. The molecule has 0 N–H and O–H groups in total. The van der Waals surface area contributed by atoms with E-state index < -0.39 is 0 Å². The molecule has 2 aromatic heterocycles. The van der Waals surface area contributed by atoms with Gasteiger partial charge in [-0.1, -0.05) is 17.3 Å². The van der Waals surface area contributed by atoms with Crippen LogP contribution < -0.4 is 0 Å². The van der Waals surface area contributed by atoms with Crippen LogP contribution in [0.1, 0.15) is 16.8 Å². The summed E-state index contributed by atoms with van der Waals surface area (Å²) in [6.07, 6.45) is 0. The summed E-state index contributed by atoms with van der Waals surface area (Å²) >= 11 is 1.58. The molecule has 2 heterocycles. The number of hydrogen-bond donors (Lipinski definition) is 0. The molecule has 0 fully saturated rings. The van der Waals surface area contributed by atoms with Gasteiger partial charge in [-0.25, -0.2) is 4.68 Å². The molecule has 0 radical (unpaired) electrons. The quantitative estimate of drug-likeness (QED) is 0.722. The second-order valence-electron chi connectivity index (χ2n) is 4.63. The highest BCUT2D eigenvalue weighted by atomic mass is 32.1. The van der Waals surface area contributed by atoms with Crippen LogP contribution in [0.2, 0.25) is 0 Å². The third kappa shape index (κ3) is 2.10. The van der Waals surface area contributed by atoms with Crippen molar-refractivity contribution in [2.24, 2.45) is 0 Å². The number of nitrogens with zero attached hydrogens (tertiary/aromatic N) is 4. The van der Waals surface area contributed by atoms with Crippen LogP contribution in [-0.4, -0.2) is 15.0 Å². The maximum atomic E-state index is 9.23. The van der Waals surface area contributed by atoms with E-state index in [0.717, 1.165) is 27.4 Å². The Balaban J connectivity index is 2.25. The van der Waals surface area contributed by atoms with Crippen molar-refractivity contribution in [2.75, 3.05) is 0 Å². The normalized spacial score (nSPS) is 10.4. The summed E-state index contributed by atoms with van der Waals surface area (Å²) in [5.74, 6) is 0. The SMILES string of the molecule is Cc1cc(C)cc(-n2nnc(C#N)c2-c2cccs2)c1. The van der Waals surface area contributed by atoms with Crippen LogP contribution in [0.3, 0.4) is 0 Å². The number of aryl methyl sites for hydroxylation is 2. The molecule has 0 saturated carbocycles. The molecule has 0 amide bonds. The van der Waals surface area contributed by atoms with Gasteiger partial charge in [0.25, 0.3) is 0 Å². The lowest BCUT2D eigenvalue weighted by Crippen LogP contribution is -2.00. The highest BCUT2D eigenvalue weighted by molar-refractivity contribution is 7.13. The zero-order valence-corrected chi connectivity index (χ0v) is 12.0. The van der Waals surface area contributed by atoms with Crippen LogP contribution in [-0.2, 0) is 0 Å². The molecule has 20 heavy (non-hydrogen) atoms. The van der Waals surface area contributed by atoms with E-state index in [0.29, 0.717) is 5.69 Å². The molecule has 0 aliphatic heterocycles. The molecule has 0 atom stereocenters. The summed E-state index contributed by atoms with van der Waals surface area (Å²) in [6.45, 7) is 4.09. The Morgan fingerprint density at radius 1 is 1.20 bits per heavy atom. The molecule has 0 aliphatic carbocycles. The van der Waals surface area contributed by atoms with Crippen LogP contribution >= 0.6 is 11.3 Å². The van der Waals surface area contributed by atoms with E-state index >= 15 is 0 Å². The first-order valence-electron chi connectivity index (χ1n) is 6.17. The lowest BCUT2D eigenvalue weighted by Gasteiger charge is -2.07. The first-order valence-corrected chi connectivity index (χ1v) is 7.05.